The van der Waals surface area contributed by atoms with Crippen molar-refractivity contribution in [2.45, 2.75) is 38.1 Å². The highest BCUT2D eigenvalue weighted by molar-refractivity contribution is 7.99. The van der Waals surface area contributed by atoms with Crippen molar-refractivity contribution < 1.29 is 5.11 Å². The standard InChI is InChI=1S/C16H27NOS/c1-3-4-8-12-19-13-11-16(14-18,17-2)15-9-6-5-7-10-15/h5-7,9-10,17-18H,3-4,8,11-14H2,1-2H3. The van der Waals surface area contributed by atoms with E-state index < -0.39 is 0 Å². The van der Waals surface area contributed by atoms with Crippen molar-refractivity contribution in [3.8, 4) is 0 Å². The number of hydrogen-bond donors (Lipinski definition) is 2. The van der Waals surface area contributed by atoms with Gasteiger partial charge in [-0.15, -0.1) is 0 Å². The minimum absolute atomic E-state index is 0.142. The highest BCUT2D eigenvalue weighted by Crippen LogP contribution is 2.26. The molecule has 0 fully saturated rings. The molecule has 0 amide bonds. The Morgan fingerprint density at radius 3 is 2.47 bits per heavy atom. The van der Waals surface area contributed by atoms with Crippen molar-refractivity contribution in [3.05, 3.63) is 35.9 Å². The summed E-state index contributed by atoms with van der Waals surface area (Å²) in [4.78, 5) is 0. The molecule has 1 aromatic rings. The molecule has 0 saturated heterocycles. The van der Waals surface area contributed by atoms with Crippen LogP contribution >= 0.6 is 11.8 Å². The highest BCUT2D eigenvalue weighted by Gasteiger charge is 2.28. The Kier molecular flexibility index (Phi) is 8.19. The number of nitrogens with one attached hydrogen (secondary N) is 1. The number of thioether (sulfide) groups is 1. The third-order valence-corrected chi connectivity index (χ3v) is 4.71. The molecule has 1 unspecified atom stereocenters. The normalized spacial score (nSPS) is 14.3. The maximum absolute atomic E-state index is 9.80. The van der Waals surface area contributed by atoms with Gasteiger partial charge in [0.2, 0.25) is 0 Å². The molecule has 0 heterocycles. The average Bonchev–Trinajstić information content (AvgIpc) is 2.48. The first-order chi connectivity index (χ1) is 9.29. The lowest BCUT2D eigenvalue weighted by molar-refractivity contribution is 0.165. The molecule has 0 saturated carbocycles. The summed E-state index contributed by atoms with van der Waals surface area (Å²) in [6.45, 7) is 2.38. The third kappa shape index (κ3) is 5.17. The quantitative estimate of drug-likeness (QED) is 0.645. The molecule has 19 heavy (non-hydrogen) atoms. The molecule has 2 nitrogen and oxygen atoms in total. The van der Waals surface area contributed by atoms with Gasteiger partial charge >= 0.3 is 0 Å². The van der Waals surface area contributed by atoms with Crippen molar-refractivity contribution in [2.75, 3.05) is 25.2 Å². The van der Waals surface area contributed by atoms with Gasteiger partial charge in [-0.1, -0.05) is 50.1 Å². The molecular formula is C16H27NOS. The Balaban J connectivity index is 2.48. The SMILES string of the molecule is CCCCCSCCC(CO)(NC)c1ccccc1. The largest absolute Gasteiger partial charge is 0.394 e. The summed E-state index contributed by atoms with van der Waals surface area (Å²) >= 11 is 1.99. The Labute approximate surface area is 122 Å². The molecule has 0 aromatic heterocycles. The zero-order valence-electron chi connectivity index (χ0n) is 12.2. The summed E-state index contributed by atoms with van der Waals surface area (Å²) in [6, 6.07) is 10.3. The number of hydrogen-bond acceptors (Lipinski definition) is 3. The topological polar surface area (TPSA) is 32.3 Å². The number of unbranched alkanes of at least 4 members (excludes halogenated alkanes) is 2. The van der Waals surface area contributed by atoms with Crippen LogP contribution in [0.2, 0.25) is 0 Å². The van der Waals surface area contributed by atoms with Crippen LogP contribution in [-0.4, -0.2) is 30.3 Å². The zero-order valence-corrected chi connectivity index (χ0v) is 13.0. The van der Waals surface area contributed by atoms with Crippen molar-refractivity contribution in [2.24, 2.45) is 0 Å². The fourth-order valence-electron chi connectivity index (χ4n) is 2.22. The lowest BCUT2D eigenvalue weighted by atomic mass is 9.88. The number of aliphatic hydroxyl groups is 1. The molecule has 0 radical (unpaired) electrons. The van der Waals surface area contributed by atoms with Crippen LogP contribution in [0.25, 0.3) is 0 Å². The maximum atomic E-state index is 9.80. The zero-order chi connectivity index (χ0) is 14.0. The molecule has 1 aromatic carbocycles. The van der Waals surface area contributed by atoms with E-state index in [0.717, 1.165) is 12.2 Å². The smallest absolute Gasteiger partial charge is 0.0674 e. The van der Waals surface area contributed by atoms with Gasteiger partial charge in [0.25, 0.3) is 0 Å². The fourth-order valence-corrected chi connectivity index (χ4v) is 3.33. The molecule has 0 bridgehead atoms. The fraction of sp³-hybridized carbons (Fsp3) is 0.625. The lowest BCUT2D eigenvalue weighted by Gasteiger charge is -2.32. The first-order valence-electron chi connectivity index (χ1n) is 7.22. The predicted molar refractivity (Wildman–Crippen MR) is 85.7 cm³/mol. The van der Waals surface area contributed by atoms with Crippen LogP contribution in [0.1, 0.15) is 38.2 Å². The van der Waals surface area contributed by atoms with Gasteiger partial charge in [0.15, 0.2) is 0 Å². The van der Waals surface area contributed by atoms with E-state index in [0.29, 0.717) is 0 Å². The molecule has 1 atom stereocenters. The molecule has 0 aliphatic heterocycles. The van der Waals surface area contributed by atoms with Gasteiger partial charge in [-0.05, 0) is 37.0 Å². The van der Waals surface area contributed by atoms with E-state index >= 15 is 0 Å². The van der Waals surface area contributed by atoms with Gasteiger partial charge < -0.3 is 10.4 Å². The molecule has 3 heteroatoms. The molecule has 2 N–H and O–H groups in total. The number of benzene rings is 1. The van der Waals surface area contributed by atoms with Crippen molar-refractivity contribution >= 4 is 11.8 Å². The monoisotopic (exact) mass is 281 g/mol. The maximum Gasteiger partial charge on any atom is 0.0674 e. The molecule has 1 rings (SSSR count). The van der Waals surface area contributed by atoms with Crippen molar-refractivity contribution in [3.63, 3.8) is 0 Å². The summed E-state index contributed by atoms with van der Waals surface area (Å²) in [5.41, 5.74) is 0.883. The molecule has 108 valence electrons. The van der Waals surface area contributed by atoms with Gasteiger partial charge in [0.1, 0.15) is 0 Å². The van der Waals surface area contributed by atoms with E-state index in [1.165, 1.54) is 30.6 Å². The second-order valence-corrected chi connectivity index (χ2v) is 6.15. The minimum Gasteiger partial charge on any atom is -0.394 e. The number of likely N-dealkylation sites (N-methyl/N-ethyl adjacent to an activating group) is 1. The second-order valence-electron chi connectivity index (χ2n) is 4.93. The van der Waals surface area contributed by atoms with E-state index in [1.54, 1.807) is 0 Å². The molecule has 0 aliphatic rings. The molecule has 0 spiro atoms. The summed E-state index contributed by atoms with van der Waals surface area (Å²) in [5.74, 6) is 2.31. The third-order valence-electron chi connectivity index (χ3n) is 3.64. The van der Waals surface area contributed by atoms with Gasteiger partial charge in [0.05, 0.1) is 12.1 Å². The van der Waals surface area contributed by atoms with E-state index in [9.17, 15) is 5.11 Å². The predicted octanol–water partition coefficient (Wildman–Crippen LogP) is 3.41. The van der Waals surface area contributed by atoms with Crippen LogP contribution in [0, 0.1) is 0 Å². The van der Waals surface area contributed by atoms with E-state index in [1.807, 2.05) is 37.0 Å². The average molecular weight is 281 g/mol. The molecular weight excluding hydrogens is 254 g/mol. The van der Waals surface area contributed by atoms with Crippen LogP contribution in [-0.2, 0) is 5.54 Å². The van der Waals surface area contributed by atoms with Crippen LogP contribution in [0.4, 0.5) is 0 Å². The Hall–Kier alpha value is -0.510. The minimum atomic E-state index is -0.293. The lowest BCUT2D eigenvalue weighted by Crippen LogP contribution is -2.44. The summed E-state index contributed by atoms with van der Waals surface area (Å²) in [6.07, 6.45) is 4.86. The van der Waals surface area contributed by atoms with Crippen LogP contribution in [0.5, 0.6) is 0 Å². The van der Waals surface area contributed by atoms with Gasteiger partial charge in [0, 0.05) is 0 Å². The Bertz CT molecular complexity index is 325. The van der Waals surface area contributed by atoms with E-state index in [2.05, 4.69) is 24.4 Å². The van der Waals surface area contributed by atoms with Crippen LogP contribution in [0.3, 0.4) is 0 Å². The van der Waals surface area contributed by atoms with Crippen molar-refractivity contribution in [1.82, 2.24) is 5.32 Å². The second kappa shape index (κ2) is 9.40. The van der Waals surface area contributed by atoms with E-state index in [-0.39, 0.29) is 12.1 Å². The number of rotatable bonds is 10. The summed E-state index contributed by atoms with van der Waals surface area (Å²) in [7, 11) is 1.94. The molecule has 0 aliphatic carbocycles. The van der Waals surface area contributed by atoms with Crippen LogP contribution in [0.15, 0.2) is 30.3 Å². The van der Waals surface area contributed by atoms with Gasteiger partial charge in [-0.2, -0.15) is 11.8 Å². The first-order valence-corrected chi connectivity index (χ1v) is 8.37. The summed E-state index contributed by atoms with van der Waals surface area (Å²) < 4.78 is 0. The summed E-state index contributed by atoms with van der Waals surface area (Å²) in [5, 5.41) is 13.1. The van der Waals surface area contributed by atoms with E-state index in [4.69, 9.17) is 0 Å². The van der Waals surface area contributed by atoms with Gasteiger partial charge in [-0.25, -0.2) is 0 Å². The highest BCUT2D eigenvalue weighted by atomic mass is 32.2. The Morgan fingerprint density at radius 1 is 1.16 bits per heavy atom. The van der Waals surface area contributed by atoms with Crippen LogP contribution < -0.4 is 5.32 Å². The van der Waals surface area contributed by atoms with Crippen molar-refractivity contribution in [1.29, 1.82) is 0 Å². The Morgan fingerprint density at radius 2 is 1.89 bits per heavy atom. The van der Waals surface area contributed by atoms with Gasteiger partial charge in [-0.3, -0.25) is 0 Å². The number of aliphatic hydroxyl groups excluding tert-OH is 1. The first kappa shape index (κ1) is 16.5.